The van der Waals surface area contributed by atoms with E-state index in [9.17, 15) is 18.3 Å². The molecule has 1 heterocycles. The molecule has 0 fully saturated rings. The predicted octanol–water partition coefficient (Wildman–Crippen LogP) is 5.01. The minimum Gasteiger partial charge on any atom is -0.454 e. The summed E-state index contributed by atoms with van der Waals surface area (Å²) in [6, 6.07) is 15.1. The molecule has 2 aromatic rings. The first kappa shape index (κ1) is 33.2. The molecule has 2 aromatic carbocycles. The number of hydrogen-bond donors (Lipinski definition) is 2. The molecule has 1 amide bonds. The zero-order chi connectivity index (χ0) is 31.0. The average molecular weight is 602 g/mol. The number of nitriles is 1. The number of ether oxygens (including phenoxy) is 3. The molecule has 11 heteroatoms. The number of carbonyl (C=O) groups is 1. The van der Waals surface area contributed by atoms with Crippen LogP contribution < -0.4 is 14.8 Å². The molecule has 2 atom stereocenters. The Hall–Kier alpha value is -3.33. The van der Waals surface area contributed by atoms with Crippen LogP contribution >= 0.6 is 0 Å². The number of carbonyl (C=O) groups excluding carboxylic acids is 1. The minimum atomic E-state index is -4.11. The standard InChI is InChI=1S/C31H43N3O7S/c1-30(2,3)41-29(36)33-25(18-23-12-8-6-9-13-23)26(35)20-34(21-31(4,5)16-10-7-11-17-32)42(37,38)24-14-15-27-28(19-24)40-22-39-27/h6,8-9,12-15,19,25-26,35H,7,10-11,16,18,20-22H2,1-5H3,(H,33,36)/t25-,26+/m0/s1. The number of rotatable bonds is 14. The molecule has 0 aliphatic carbocycles. The van der Waals surface area contributed by atoms with Crippen LogP contribution in [0, 0.1) is 16.7 Å². The lowest BCUT2D eigenvalue weighted by Crippen LogP contribution is -2.52. The molecule has 1 aliphatic rings. The average Bonchev–Trinajstić information content (AvgIpc) is 3.38. The highest BCUT2D eigenvalue weighted by atomic mass is 32.2. The van der Waals surface area contributed by atoms with E-state index in [1.54, 1.807) is 26.8 Å². The van der Waals surface area contributed by atoms with Gasteiger partial charge in [0.1, 0.15) is 5.60 Å². The zero-order valence-corrected chi connectivity index (χ0v) is 25.9. The monoisotopic (exact) mass is 601 g/mol. The lowest BCUT2D eigenvalue weighted by Gasteiger charge is -2.35. The maximum absolute atomic E-state index is 14.1. The second-order valence-corrected chi connectivity index (χ2v) is 14.3. The molecule has 0 unspecified atom stereocenters. The van der Waals surface area contributed by atoms with Crippen LogP contribution in [0.1, 0.15) is 65.9 Å². The molecular formula is C31H43N3O7S. The van der Waals surface area contributed by atoms with E-state index in [0.29, 0.717) is 24.3 Å². The number of sulfonamides is 1. The summed E-state index contributed by atoms with van der Waals surface area (Å²) >= 11 is 0. The van der Waals surface area contributed by atoms with Crippen molar-refractivity contribution in [2.75, 3.05) is 19.9 Å². The zero-order valence-electron chi connectivity index (χ0n) is 25.1. The normalized spacial score (nSPS) is 14.7. The second kappa shape index (κ2) is 14.2. The van der Waals surface area contributed by atoms with Gasteiger partial charge < -0.3 is 24.6 Å². The van der Waals surface area contributed by atoms with Crippen LogP contribution in [0.3, 0.4) is 0 Å². The molecule has 1 aliphatic heterocycles. The number of aliphatic hydroxyl groups is 1. The molecule has 0 radical (unpaired) electrons. The van der Waals surface area contributed by atoms with Gasteiger partial charge in [0.05, 0.1) is 23.1 Å². The molecule has 0 spiro atoms. The van der Waals surface area contributed by atoms with E-state index >= 15 is 0 Å². The second-order valence-electron chi connectivity index (χ2n) is 12.4. The Morgan fingerprint density at radius 3 is 2.45 bits per heavy atom. The fourth-order valence-electron chi connectivity index (χ4n) is 4.74. The van der Waals surface area contributed by atoms with Crippen LogP contribution in [-0.4, -0.2) is 61.6 Å². The van der Waals surface area contributed by atoms with Gasteiger partial charge in [-0.3, -0.25) is 0 Å². The highest BCUT2D eigenvalue weighted by molar-refractivity contribution is 7.89. The first-order valence-electron chi connectivity index (χ1n) is 14.2. The van der Waals surface area contributed by atoms with E-state index in [0.717, 1.165) is 18.4 Å². The molecule has 0 saturated heterocycles. The van der Waals surface area contributed by atoms with Crippen LogP contribution in [-0.2, 0) is 21.2 Å². The third-order valence-electron chi connectivity index (χ3n) is 6.83. The summed E-state index contributed by atoms with van der Waals surface area (Å²) in [5.41, 5.74) is -0.358. The van der Waals surface area contributed by atoms with Crippen molar-refractivity contribution in [3.05, 3.63) is 54.1 Å². The largest absolute Gasteiger partial charge is 0.454 e. The number of hydrogen-bond acceptors (Lipinski definition) is 8. The maximum Gasteiger partial charge on any atom is 0.407 e. The number of unbranched alkanes of at least 4 members (excludes halogenated alkanes) is 2. The van der Waals surface area contributed by atoms with Gasteiger partial charge >= 0.3 is 6.09 Å². The van der Waals surface area contributed by atoms with Gasteiger partial charge in [-0.25, -0.2) is 13.2 Å². The molecule has 3 rings (SSSR count). The summed E-state index contributed by atoms with van der Waals surface area (Å²) in [5, 5.41) is 23.2. The Balaban J connectivity index is 1.91. The molecule has 0 saturated carbocycles. The van der Waals surface area contributed by atoms with Gasteiger partial charge in [0.15, 0.2) is 11.5 Å². The number of benzene rings is 2. The molecule has 42 heavy (non-hydrogen) atoms. The van der Waals surface area contributed by atoms with Crippen molar-refractivity contribution in [3.63, 3.8) is 0 Å². The topological polar surface area (TPSA) is 138 Å². The highest BCUT2D eigenvalue weighted by Gasteiger charge is 2.36. The first-order chi connectivity index (χ1) is 19.7. The van der Waals surface area contributed by atoms with E-state index in [4.69, 9.17) is 19.5 Å². The number of aliphatic hydroxyl groups excluding tert-OH is 1. The van der Waals surface area contributed by atoms with E-state index < -0.39 is 39.3 Å². The van der Waals surface area contributed by atoms with E-state index in [1.807, 2.05) is 44.2 Å². The number of fused-ring (bicyclic) bond motifs is 1. The van der Waals surface area contributed by atoms with Crippen molar-refractivity contribution in [2.24, 2.45) is 5.41 Å². The van der Waals surface area contributed by atoms with Crippen molar-refractivity contribution in [1.82, 2.24) is 9.62 Å². The van der Waals surface area contributed by atoms with Gasteiger partial charge in [0.2, 0.25) is 16.8 Å². The summed E-state index contributed by atoms with van der Waals surface area (Å²) in [7, 11) is -4.11. The van der Waals surface area contributed by atoms with Crippen molar-refractivity contribution >= 4 is 16.1 Å². The van der Waals surface area contributed by atoms with Crippen LogP contribution in [0.2, 0.25) is 0 Å². The van der Waals surface area contributed by atoms with Crippen molar-refractivity contribution in [3.8, 4) is 17.6 Å². The quantitative estimate of drug-likeness (QED) is 0.288. The van der Waals surface area contributed by atoms with Crippen molar-refractivity contribution < 1.29 is 32.5 Å². The van der Waals surface area contributed by atoms with Crippen LogP contribution in [0.4, 0.5) is 4.79 Å². The molecule has 0 bridgehead atoms. The fraction of sp³-hybridized carbons (Fsp3) is 0.548. The molecule has 2 N–H and O–H groups in total. The Morgan fingerprint density at radius 1 is 1.10 bits per heavy atom. The van der Waals surface area contributed by atoms with Crippen LogP contribution in [0.25, 0.3) is 0 Å². The number of alkyl carbamates (subject to hydrolysis) is 1. The van der Waals surface area contributed by atoms with Crippen molar-refractivity contribution in [1.29, 1.82) is 5.26 Å². The maximum atomic E-state index is 14.1. The summed E-state index contributed by atoms with van der Waals surface area (Å²) in [6.07, 6.45) is 0.888. The van der Waals surface area contributed by atoms with Gasteiger partial charge in [0, 0.05) is 25.6 Å². The van der Waals surface area contributed by atoms with E-state index in [-0.39, 0.29) is 31.2 Å². The summed E-state index contributed by atoms with van der Waals surface area (Å²) in [5.74, 6) is 0.795. The smallest absolute Gasteiger partial charge is 0.407 e. The van der Waals surface area contributed by atoms with Gasteiger partial charge in [-0.05, 0) is 63.1 Å². The molecule has 0 aromatic heterocycles. The Kier molecular flexibility index (Phi) is 11.2. The SMILES string of the molecule is CC(C)(CCCCC#N)CN(C[C@@H](O)[C@H](Cc1ccccc1)NC(=O)OC(C)(C)C)S(=O)(=O)c1ccc2c(c1)OCO2. The van der Waals surface area contributed by atoms with Gasteiger partial charge in [0.25, 0.3) is 0 Å². The highest BCUT2D eigenvalue weighted by Crippen LogP contribution is 2.36. The molecule has 230 valence electrons. The lowest BCUT2D eigenvalue weighted by atomic mass is 9.86. The summed E-state index contributed by atoms with van der Waals surface area (Å²) < 4.78 is 45.6. The first-order valence-corrected chi connectivity index (χ1v) is 15.6. The predicted molar refractivity (Wildman–Crippen MR) is 158 cm³/mol. The third-order valence-corrected chi connectivity index (χ3v) is 8.64. The number of nitrogens with one attached hydrogen (secondary N) is 1. The summed E-state index contributed by atoms with van der Waals surface area (Å²) in [4.78, 5) is 12.8. The lowest BCUT2D eigenvalue weighted by molar-refractivity contribution is 0.0391. The van der Waals surface area contributed by atoms with E-state index in [2.05, 4.69) is 11.4 Å². The van der Waals surface area contributed by atoms with Gasteiger partial charge in [-0.2, -0.15) is 9.57 Å². The van der Waals surface area contributed by atoms with Gasteiger partial charge in [-0.1, -0.05) is 50.6 Å². The fourth-order valence-corrected chi connectivity index (χ4v) is 6.41. The number of nitrogens with zero attached hydrogens (tertiary/aromatic N) is 2. The third kappa shape index (κ3) is 9.89. The number of amides is 1. The molecule has 10 nitrogen and oxygen atoms in total. The van der Waals surface area contributed by atoms with Gasteiger partial charge in [-0.15, -0.1) is 0 Å². The Morgan fingerprint density at radius 2 is 1.79 bits per heavy atom. The van der Waals surface area contributed by atoms with E-state index in [1.165, 1.54) is 16.4 Å². The Labute approximate surface area is 249 Å². The van der Waals surface area contributed by atoms with Crippen molar-refractivity contribution in [2.45, 2.75) is 89.4 Å². The Bertz CT molecular complexity index is 1330. The van der Waals surface area contributed by atoms with Crippen LogP contribution in [0.5, 0.6) is 11.5 Å². The minimum absolute atomic E-state index is 0.00842. The van der Waals surface area contributed by atoms with Crippen LogP contribution in [0.15, 0.2) is 53.4 Å². The molecular weight excluding hydrogens is 558 g/mol. The summed E-state index contributed by atoms with van der Waals surface area (Å²) in [6.45, 7) is 9.01.